The third-order valence-electron chi connectivity index (χ3n) is 4.54. The molecule has 1 aromatic carbocycles. The van der Waals surface area contributed by atoms with Gasteiger partial charge in [0.05, 0.1) is 0 Å². The highest BCUT2D eigenvalue weighted by Gasteiger charge is 2.31. The summed E-state index contributed by atoms with van der Waals surface area (Å²) < 4.78 is 41.4. The standard InChI is InChI=1S/C19H29F3O/c1-5-7-8-14(3)15(4)9-10-17-11-16(6-2)12-18(13-17)23-19(20,21)22/h11-15H,5-10H2,1-4H3. The average Bonchev–Trinajstić information content (AvgIpc) is 2.48. The fourth-order valence-electron chi connectivity index (χ4n) is 2.76. The number of hydrogen-bond donors (Lipinski definition) is 0. The number of rotatable bonds is 9. The van der Waals surface area contributed by atoms with Crippen molar-refractivity contribution in [2.45, 2.75) is 72.6 Å². The van der Waals surface area contributed by atoms with Gasteiger partial charge < -0.3 is 4.74 Å². The van der Waals surface area contributed by atoms with Crippen LogP contribution in [-0.4, -0.2) is 6.36 Å². The molecule has 1 rings (SSSR count). The van der Waals surface area contributed by atoms with Crippen molar-refractivity contribution in [1.82, 2.24) is 0 Å². The lowest BCUT2D eigenvalue weighted by Crippen LogP contribution is -2.17. The van der Waals surface area contributed by atoms with Gasteiger partial charge in [-0.15, -0.1) is 13.2 Å². The second-order valence-electron chi connectivity index (χ2n) is 6.52. The lowest BCUT2D eigenvalue weighted by molar-refractivity contribution is -0.274. The minimum absolute atomic E-state index is 0.0986. The summed E-state index contributed by atoms with van der Waals surface area (Å²) in [5.41, 5.74) is 1.81. The first-order chi connectivity index (χ1) is 10.7. The van der Waals surface area contributed by atoms with E-state index in [4.69, 9.17) is 0 Å². The van der Waals surface area contributed by atoms with Gasteiger partial charge in [0, 0.05) is 0 Å². The number of unbranched alkanes of at least 4 members (excludes halogenated alkanes) is 1. The SMILES string of the molecule is CCCCC(C)C(C)CCc1cc(CC)cc(OC(F)(F)F)c1. The normalized spacial score (nSPS) is 14.6. The molecule has 0 saturated carbocycles. The monoisotopic (exact) mass is 330 g/mol. The molecule has 0 bridgehead atoms. The molecule has 0 fully saturated rings. The fraction of sp³-hybridized carbons (Fsp3) is 0.684. The van der Waals surface area contributed by atoms with Gasteiger partial charge in [0.15, 0.2) is 0 Å². The molecule has 132 valence electrons. The van der Waals surface area contributed by atoms with Crippen molar-refractivity contribution < 1.29 is 17.9 Å². The van der Waals surface area contributed by atoms with Gasteiger partial charge in [-0.25, -0.2) is 0 Å². The maximum Gasteiger partial charge on any atom is 0.573 e. The van der Waals surface area contributed by atoms with E-state index in [1.165, 1.54) is 31.4 Å². The Morgan fingerprint density at radius 2 is 1.57 bits per heavy atom. The number of halogens is 3. The number of benzene rings is 1. The molecular weight excluding hydrogens is 301 g/mol. The summed E-state index contributed by atoms with van der Waals surface area (Å²) in [6, 6.07) is 4.99. The van der Waals surface area contributed by atoms with Crippen molar-refractivity contribution in [1.29, 1.82) is 0 Å². The Hall–Kier alpha value is -1.19. The first-order valence-electron chi connectivity index (χ1n) is 8.63. The molecule has 0 amide bonds. The van der Waals surface area contributed by atoms with E-state index in [9.17, 15) is 13.2 Å². The van der Waals surface area contributed by atoms with E-state index in [1.54, 1.807) is 0 Å². The highest BCUT2D eigenvalue weighted by atomic mass is 19.4. The molecule has 0 spiro atoms. The maximum absolute atomic E-state index is 12.4. The summed E-state index contributed by atoms with van der Waals surface area (Å²) in [4.78, 5) is 0. The lowest BCUT2D eigenvalue weighted by atomic mass is 9.86. The zero-order valence-corrected chi connectivity index (χ0v) is 14.7. The number of aryl methyl sites for hydroxylation is 2. The van der Waals surface area contributed by atoms with Crippen LogP contribution in [0.2, 0.25) is 0 Å². The third kappa shape index (κ3) is 7.76. The van der Waals surface area contributed by atoms with Gasteiger partial charge in [-0.1, -0.05) is 53.0 Å². The highest BCUT2D eigenvalue weighted by Crippen LogP contribution is 2.28. The molecule has 4 heteroatoms. The van der Waals surface area contributed by atoms with E-state index in [1.807, 2.05) is 13.0 Å². The molecular formula is C19H29F3O. The summed E-state index contributed by atoms with van der Waals surface area (Å²) in [5, 5.41) is 0. The Bertz CT molecular complexity index is 468. The van der Waals surface area contributed by atoms with Crippen molar-refractivity contribution in [2.24, 2.45) is 11.8 Å². The Morgan fingerprint density at radius 3 is 2.13 bits per heavy atom. The number of ether oxygens (including phenoxy) is 1. The van der Waals surface area contributed by atoms with E-state index in [-0.39, 0.29) is 5.75 Å². The van der Waals surface area contributed by atoms with Gasteiger partial charge in [-0.05, 0) is 54.4 Å². The molecule has 0 aromatic heterocycles. The Morgan fingerprint density at radius 1 is 0.957 bits per heavy atom. The van der Waals surface area contributed by atoms with Crippen LogP contribution in [0.25, 0.3) is 0 Å². The summed E-state index contributed by atoms with van der Waals surface area (Å²) in [7, 11) is 0. The van der Waals surface area contributed by atoms with Crippen LogP contribution in [0.3, 0.4) is 0 Å². The Kier molecular flexibility index (Phi) is 7.93. The van der Waals surface area contributed by atoms with Crippen LogP contribution >= 0.6 is 0 Å². The van der Waals surface area contributed by atoms with Crippen LogP contribution in [0.1, 0.15) is 64.5 Å². The van der Waals surface area contributed by atoms with Crippen molar-refractivity contribution >= 4 is 0 Å². The first kappa shape index (κ1) is 19.9. The topological polar surface area (TPSA) is 9.23 Å². The molecule has 0 heterocycles. The zero-order chi connectivity index (χ0) is 17.5. The number of alkyl halides is 3. The van der Waals surface area contributed by atoms with E-state index >= 15 is 0 Å². The van der Waals surface area contributed by atoms with Crippen molar-refractivity contribution in [3.8, 4) is 5.75 Å². The molecule has 23 heavy (non-hydrogen) atoms. The highest BCUT2D eigenvalue weighted by molar-refractivity contribution is 5.34. The molecule has 0 aliphatic heterocycles. The summed E-state index contributed by atoms with van der Waals surface area (Å²) in [6.45, 7) is 8.62. The van der Waals surface area contributed by atoms with Crippen molar-refractivity contribution in [3.63, 3.8) is 0 Å². The fourth-order valence-corrected chi connectivity index (χ4v) is 2.76. The lowest BCUT2D eigenvalue weighted by Gasteiger charge is -2.20. The Labute approximate surface area is 138 Å². The average molecular weight is 330 g/mol. The minimum Gasteiger partial charge on any atom is -0.406 e. The number of hydrogen-bond acceptors (Lipinski definition) is 1. The largest absolute Gasteiger partial charge is 0.573 e. The van der Waals surface area contributed by atoms with Gasteiger partial charge in [0.2, 0.25) is 0 Å². The predicted octanol–water partition coefficient (Wildman–Crippen LogP) is 6.54. The van der Waals surface area contributed by atoms with Crippen LogP contribution in [-0.2, 0) is 12.8 Å². The molecule has 0 aliphatic carbocycles. The van der Waals surface area contributed by atoms with Crippen LogP contribution in [0, 0.1) is 11.8 Å². The molecule has 0 N–H and O–H groups in total. The van der Waals surface area contributed by atoms with E-state index in [2.05, 4.69) is 25.5 Å². The maximum atomic E-state index is 12.4. The van der Waals surface area contributed by atoms with Crippen molar-refractivity contribution in [3.05, 3.63) is 29.3 Å². The van der Waals surface area contributed by atoms with Crippen LogP contribution in [0.5, 0.6) is 5.75 Å². The molecule has 2 unspecified atom stereocenters. The Balaban J connectivity index is 2.70. The predicted molar refractivity (Wildman–Crippen MR) is 88.7 cm³/mol. The van der Waals surface area contributed by atoms with Gasteiger partial charge >= 0.3 is 6.36 Å². The van der Waals surface area contributed by atoms with E-state index < -0.39 is 6.36 Å². The first-order valence-corrected chi connectivity index (χ1v) is 8.63. The molecule has 0 aliphatic rings. The summed E-state index contributed by atoms with van der Waals surface area (Å²) in [5.74, 6) is 1.12. The molecule has 1 nitrogen and oxygen atoms in total. The second kappa shape index (κ2) is 9.19. The smallest absolute Gasteiger partial charge is 0.406 e. The van der Waals surface area contributed by atoms with Gasteiger partial charge in [0.1, 0.15) is 5.75 Å². The second-order valence-corrected chi connectivity index (χ2v) is 6.52. The summed E-state index contributed by atoms with van der Waals surface area (Å²) >= 11 is 0. The molecule has 2 atom stereocenters. The van der Waals surface area contributed by atoms with Crippen LogP contribution in [0.15, 0.2) is 18.2 Å². The minimum atomic E-state index is -4.63. The third-order valence-corrected chi connectivity index (χ3v) is 4.54. The van der Waals surface area contributed by atoms with Crippen LogP contribution in [0.4, 0.5) is 13.2 Å². The van der Waals surface area contributed by atoms with Gasteiger partial charge in [-0.3, -0.25) is 0 Å². The van der Waals surface area contributed by atoms with Gasteiger partial charge in [0.25, 0.3) is 0 Å². The summed E-state index contributed by atoms with van der Waals surface area (Å²) in [6.07, 6.45) is 1.50. The molecule has 0 saturated heterocycles. The zero-order valence-electron chi connectivity index (χ0n) is 14.7. The van der Waals surface area contributed by atoms with Crippen LogP contribution < -0.4 is 4.74 Å². The van der Waals surface area contributed by atoms with E-state index in [0.29, 0.717) is 18.3 Å². The molecule has 1 aromatic rings. The van der Waals surface area contributed by atoms with Gasteiger partial charge in [-0.2, -0.15) is 0 Å². The quantitative estimate of drug-likeness (QED) is 0.499. The van der Waals surface area contributed by atoms with E-state index in [0.717, 1.165) is 24.0 Å². The molecule has 0 radical (unpaired) electrons. The van der Waals surface area contributed by atoms with Crippen molar-refractivity contribution in [2.75, 3.05) is 0 Å².